The van der Waals surface area contributed by atoms with Gasteiger partial charge in [0.1, 0.15) is 6.07 Å². The SMILES string of the molecule is N#Cc1nccnc1N1CC(Cn2nc(-c3cccnc3)ccc2=O)C1. The van der Waals surface area contributed by atoms with Gasteiger partial charge < -0.3 is 4.90 Å². The Hall–Kier alpha value is -3.60. The molecule has 0 aliphatic carbocycles. The number of hydrogen-bond acceptors (Lipinski definition) is 7. The van der Waals surface area contributed by atoms with Gasteiger partial charge in [0.2, 0.25) is 0 Å². The topological polar surface area (TPSA) is 101 Å². The quantitative estimate of drug-likeness (QED) is 0.698. The summed E-state index contributed by atoms with van der Waals surface area (Å²) in [6.45, 7) is 1.93. The highest BCUT2D eigenvalue weighted by atomic mass is 16.1. The lowest BCUT2D eigenvalue weighted by Crippen LogP contribution is -2.50. The lowest BCUT2D eigenvalue weighted by atomic mass is 10.00. The van der Waals surface area contributed by atoms with Crippen LogP contribution in [0.2, 0.25) is 0 Å². The Labute approximate surface area is 149 Å². The molecule has 3 aromatic rings. The highest BCUT2D eigenvalue weighted by Gasteiger charge is 2.30. The standard InChI is InChI=1S/C18H15N7O/c19-8-16-18(22-7-6-21-16)24-10-13(11-24)12-25-17(26)4-3-15(23-25)14-2-1-5-20-9-14/h1-7,9,13H,10-12H2. The summed E-state index contributed by atoms with van der Waals surface area (Å²) in [7, 11) is 0. The van der Waals surface area contributed by atoms with E-state index in [-0.39, 0.29) is 11.5 Å². The first-order valence-electron chi connectivity index (χ1n) is 8.19. The van der Waals surface area contributed by atoms with Crippen LogP contribution in [0, 0.1) is 17.2 Å². The van der Waals surface area contributed by atoms with Crippen LogP contribution in [0.25, 0.3) is 11.3 Å². The molecule has 0 spiro atoms. The maximum absolute atomic E-state index is 12.1. The summed E-state index contributed by atoms with van der Waals surface area (Å²) in [5.41, 5.74) is 1.78. The Morgan fingerprint density at radius 3 is 2.77 bits per heavy atom. The summed E-state index contributed by atoms with van der Waals surface area (Å²) in [6.07, 6.45) is 6.50. The molecule has 128 valence electrons. The fourth-order valence-electron chi connectivity index (χ4n) is 2.99. The smallest absolute Gasteiger partial charge is 0.266 e. The summed E-state index contributed by atoms with van der Waals surface area (Å²) in [5, 5.41) is 13.6. The number of aromatic nitrogens is 5. The molecule has 1 aliphatic rings. The number of rotatable bonds is 4. The van der Waals surface area contributed by atoms with Crippen molar-refractivity contribution in [3.63, 3.8) is 0 Å². The van der Waals surface area contributed by atoms with Gasteiger partial charge in [-0.2, -0.15) is 10.4 Å². The summed E-state index contributed by atoms with van der Waals surface area (Å²) in [6, 6.07) is 9.04. The van der Waals surface area contributed by atoms with Crippen molar-refractivity contribution in [1.82, 2.24) is 24.7 Å². The molecule has 1 fully saturated rings. The molecule has 0 atom stereocenters. The van der Waals surface area contributed by atoms with E-state index in [2.05, 4.69) is 26.1 Å². The summed E-state index contributed by atoms with van der Waals surface area (Å²) in [4.78, 5) is 26.5. The van der Waals surface area contributed by atoms with Gasteiger partial charge in [0.15, 0.2) is 11.5 Å². The molecule has 0 bridgehead atoms. The van der Waals surface area contributed by atoms with Crippen molar-refractivity contribution in [3.05, 3.63) is 65.1 Å². The van der Waals surface area contributed by atoms with Crippen LogP contribution in [0.1, 0.15) is 5.69 Å². The summed E-state index contributed by atoms with van der Waals surface area (Å²) in [5.74, 6) is 0.855. The van der Waals surface area contributed by atoms with Gasteiger partial charge in [-0.05, 0) is 18.2 Å². The Balaban J connectivity index is 1.48. The monoisotopic (exact) mass is 345 g/mol. The second kappa shape index (κ2) is 6.72. The molecule has 0 radical (unpaired) electrons. The first-order valence-corrected chi connectivity index (χ1v) is 8.19. The van der Waals surface area contributed by atoms with Crippen LogP contribution >= 0.6 is 0 Å². The van der Waals surface area contributed by atoms with E-state index in [1.165, 1.54) is 16.9 Å². The average Bonchev–Trinajstić information content (AvgIpc) is 2.66. The first kappa shape index (κ1) is 15.9. The molecule has 4 heterocycles. The number of nitriles is 1. The molecule has 8 nitrogen and oxygen atoms in total. The maximum Gasteiger partial charge on any atom is 0.266 e. The predicted octanol–water partition coefficient (Wildman–Crippen LogP) is 1.10. The first-order chi connectivity index (χ1) is 12.7. The van der Waals surface area contributed by atoms with E-state index >= 15 is 0 Å². The van der Waals surface area contributed by atoms with E-state index in [0.717, 1.165) is 11.3 Å². The third-order valence-corrected chi connectivity index (χ3v) is 4.30. The van der Waals surface area contributed by atoms with Crippen molar-refractivity contribution in [2.45, 2.75) is 6.54 Å². The van der Waals surface area contributed by atoms with Gasteiger partial charge in [0.25, 0.3) is 5.56 Å². The Morgan fingerprint density at radius 1 is 1.15 bits per heavy atom. The van der Waals surface area contributed by atoms with Gasteiger partial charge in [-0.25, -0.2) is 14.6 Å². The minimum absolute atomic E-state index is 0.131. The van der Waals surface area contributed by atoms with E-state index in [9.17, 15) is 4.79 Å². The Kier molecular flexibility index (Phi) is 4.11. The predicted molar refractivity (Wildman–Crippen MR) is 94.2 cm³/mol. The molecular formula is C18H15N7O. The number of hydrogen-bond donors (Lipinski definition) is 0. The fourth-order valence-corrected chi connectivity index (χ4v) is 2.99. The molecular weight excluding hydrogens is 330 g/mol. The van der Waals surface area contributed by atoms with Crippen LogP contribution in [0.5, 0.6) is 0 Å². The normalized spacial score (nSPS) is 13.9. The number of pyridine rings is 1. The number of anilines is 1. The lowest BCUT2D eigenvalue weighted by Gasteiger charge is -2.40. The molecule has 0 amide bonds. The fraction of sp³-hybridized carbons (Fsp3) is 0.222. The highest BCUT2D eigenvalue weighted by Crippen LogP contribution is 2.25. The molecule has 8 heteroatoms. The zero-order chi connectivity index (χ0) is 17.9. The maximum atomic E-state index is 12.1. The third-order valence-electron chi connectivity index (χ3n) is 4.30. The minimum Gasteiger partial charge on any atom is -0.353 e. The zero-order valence-electron chi connectivity index (χ0n) is 13.9. The highest BCUT2D eigenvalue weighted by molar-refractivity contribution is 5.56. The molecule has 0 unspecified atom stereocenters. The van der Waals surface area contributed by atoms with Crippen molar-refractivity contribution in [2.24, 2.45) is 5.92 Å². The van der Waals surface area contributed by atoms with Crippen molar-refractivity contribution < 1.29 is 0 Å². The van der Waals surface area contributed by atoms with Crippen molar-refractivity contribution >= 4 is 5.82 Å². The van der Waals surface area contributed by atoms with E-state index in [0.29, 0.717) is 31.1 Å². The second-order valence-corrected chi connectivity index (χ2v) is 6.09. The van der Waals surface area contributed by atoms with Crippen LogP contribution in [0.4, 0.5) is 5.82 Å². The Morgan fingerprint density at radius 2 is 2.00 bits per heavy atom. The number of nitrogens with zero attached hydrogens (tertiary/aromatic N) is 7. The van der Waals surface area contributed by atoms with Gasteiger partial charge >= 0.3 is 0 Å². The molecule has 3 aromatic heterocycles. The summed E-state index contributed by atoms with van der Waals surface area (Å²) >= 11 is 0. The van der Waals surface area contributed by atoms with Gasteiger partial charge in [-0.1, -0.05) is 0 Å². The van der Waals surface area contributed by atoms with Crippen molar-refractivity contribution in [1.29, 1.82) is 5.26 Å². The van der Waals surface area contributed by atoms with E-state index in [1.807, 2.05) is 17.0 Å². The van der Waals surface area contributed by atoms with Crippen LogP contribution in [0.15, 0.2) is 53.8 Å². The van der Waals surface area contributed by atoms with Crippen LogP contribution in [0.3, 0.4) is 0 Å². The lowest BCUT2D eigenvalue weighted by molar-refractivity contribution is 0.333. The molecule has 4 rings (SSSR count). The minimum atomic E-state index is -0.131. The van der Waals surface area contributed by atoms with Crippen LogP contribution in [-0.4, -0.2) is 37.8 Å². The molecule has 0 N–H and O–H groups in total. The van der Waals surface area contributed by atoms with Gasteiger partial charge in [0, 0.05) is 55.4 Å². The largest absolute Gasteiger partial charge is 0.353 e. The van der Waals surface area contributed by atoms with E-state index in [4.69, 9.17) is 5.26 Å². The van der Waals surface area contributed by atoms with Crippen molar-refractivity contribution in [3.8, 4) is 17.3 Å². The average molecular weight is 345 g/mol. The summed E-state index contributed by atoms with van der Waals surface area (Å²) < 4.78 is 1.49. The van der Waals surface area contributed by atoms with E-state index < -0.39 is 0 Å². The van der Waals surface area contributed by atoms with Gasteiger partial charge in [0.05, 0.1) is 12.2 Å². The zero-order valence-corrected chi connectivity index (χ0v) is 13.9. The molecule has 1 saturated heterocycles. The van der Waals surface area contributed by atoms with Crippen molar-refractivity contribution in [2.75, 3.05) is 18.0 Å². The Bertz CT molecular complexity index is 1020. The van der Waals surface area contributed by atoms with E-state index in [1.54, 1.807) is 24.7 Å². The second-order valence-electron chi connectivity index (χ2n) is 6.09. The molecule has 26 heavy (non-hydrogen) atoms. The van der Waals surface area contributed by atoms with Gasteiger partial charge in [-0.15, -0.1) is 0 Å². The molecule has 0 saturated carbocycles. The molecule has 0 aromatic carbocycles. The molecule has 1 aliphatic heterocycles. The van der Waals surface area contributed by atoms with Crippen LogP contribution < -0.4 is 10.5 Å². The van der Waals surface area contributed by atoms with Gasteiger partial charge in [-0.3, -0.25) is 9.78 Å². The third kappa shape index (κ3) is 3.02. The van der Waals surface area contributed by atoms with Crippen LogP contribution in [-0.2, 0) is 6.54 Å².